The molecule has 4 heteroatoms. The Morgan fingerprint density at radius 3 is 2.67 bits per heavy atom. The predicted octanol–water partition coefficient (Wildman–Crippen LogP) is 5.74. The van der Waals surface area contributed by atoms with Gasteiger partial charge in [0.25, 0.3) is 0 Å². The first kappa shape index (κ1) is 23.0. The van der Waals surface area contributed by atoms with Crippen LogP contribution in [0.4, 0.5) is 0 Å². The molecule has 0 saturated heterocycles. The van der Waals surface area contributed by atoms with Crippen molar-refractivity contribution in [2.75, 3.05) is 6.54 Å². The SMILES string of the molecule is CCCC1C(CC)CCC2C1CCC1(C)C2CC(C)C1C(=O)CN/C=C(/C#N)C=N. The van der Waals surface area contributed by atoms with Crippen LogP contribution in [0.25, 0.3) is 0 Å². The van der Waals surface area contributed by atoms with E-state index in [1.807, 2.05) is 6.07 Å². The van der Waals surface area contributed by atoms with Crippen LogP contribution in [0.1, 0.15) is 79.1 Å². The molecule has 8 unspecified atom stereocenters. The van der Waals surface area contributed by atoms with E-state index in [2.05, 4.69) is 33.0 Å². The molecule has 4 nitrogen and oxygen atoms in total. The van der Waals surface area contributed by atoms with Crippen molar-refractivity contribution in [3.05, 3.63) is 11.8 Å². The molecule has 8 atom stereocenters. The molecule has 3 fully saturated rings. The average molecular weight is 412 g/mol. The highest BCUT2D eigenvalue weighted by molar-refractivity contribution is 5.85. The smallest absolute Gasteiger partial charge is 0.155 e. The second-order valence-corrected chi connectivity index (χ2v) is 10.6. The third-order valence-corrected chi connectivity index (χ3v) is 9.17. The lowest BCUT2D eigenvalue weighted by Crippen LogP contribution is -2.49. The Hall–Kier alpha value is -1.63. The lowest BCUT2D eigenvalue weighted by molar-refractivity contribution is -0.130. The molecule has 0 spiro atoms. The number of allylic oxidation sites excluding steroid dienone is 1. The van der Waals surface area contributed by atoms with E-state index in [-0.39, 0.29) is 29.2 Å². The average Bonchev–Trinajstić information content (AvgIpc) is 3.01. The number of hydrogen-bond acceptors (Lipinski definition) is 4. The van der Waals surface area contributed by atoms with Gasteiger partial charge in [-0.2, -0.15) is 5.26 Å². The highest BCUT2D eigenvalue weighted by Gasteiger charge is 2.59. The van der Waals surface area contributed by atoms with Gasteiger partial charge in [-0.05, 0) is 73.0 Å². The maximum atomic E-state index is 13.3. The minimum absolute atomic E-state index is 0.114. The van der Waals surface area contributed by atoms with Gasteiger partial charge < -0.3 is 10.7 Å². The van der Waals surface area contributed by atoms with Crippen molar-refractivity contribution in [3.8, 4) is 6.07 Å². The van der Waals surface area contributed by atoms with Crippen LogP contribution in [0.2, 0.25) is 0 Å². The Morgan fingerprint density at radius 2 is 2.03 bits per heavy atom. The summed E-state index contributed by atoms with van der Waals surface area (Å²) in [6.45, 7) is 9.68. The van der Waals surface area contributed by atoms with Crippen LogP contribution in [0.15, 0.2) is 11.8 Å². The highest BCUT2D eigenvalue weighted by Crippen LogP contribution is 2.65. The molecule has 0 amide bonds. The normalized spacial score (nSPS) is 40.8. The maximum absolute atomic E-state index is 13.3. The number of carbonyl (C=O) groups is 1. The monoisotopic (exact) mass is 411 g/mol. The summed E-state index contributed by atoms with van der Waals surface area (Å²) in [6, 6.07) is 1.95. The Kier molecular flexibility index (Phi) is 7.43. The van der Waals surface area contributed by atoms with E-state index in [1.165, 1.54) is 57.6 Å². The van der Waals surface area contributed by atoms with Gasteiger partial charge in [-0.15, -0.1) is 0 Å². The Bertz CT molecular complexity index is 708. The minimum atomic E-state index is 0.114. The van der Waals surface area contributed by atoms with Crippen molar-refractivity contribution in [2.45, 2.75) is 79.1 Å². The first-order chi connectivity index (χ1) is 14.4. The van der Waals surface area contributed by atoms with Gasteiger partial charge in [-0.3, -0.25) is 4.79 Å². The molecule has 0 bridgehead atoms. The van der Waals surface area contributed by atoms with Crippen molar-refractivity contribution < 1.29 is 4.79 Å². The second-order valence-electron chi connectivity index (χ2n) is 10.6. The fourth-order valence-corrected chi connectivity index (χ4v) is 8.05. The zero-order valence-electron chi connectivity index (χ0n) is 19.4. The minimum Gasteiger partial charge on any atom is -0.383 e. The van der Waals surface area contributed by atoms with Gasteiger partial charge in [0, 0.05) is 18.3 Å². The van der Waals surface area contributed by atoms with Crippen molar-refractivity contribution in [1.29, 1.82) is 10.7 Å². The number of hydrogen-bond donors (Lipinski definition) is 2. The summed E-state index contributed by atoms with van der Waals surface area (Å²) in [5.41, 5.74) is 0.375. The summed E-state index contributed by atoms with van der Waals surface area (Å²) in [6.07, 6.45) is 13.0. The van der Waals surface area contributed by atoms with E-state index in [0.717, 1.165) is 29.9 Å². The molecule has 0 heterocycles. The number of ketones is 1. The second kappa shape index (κ2) is 9.67. The van der Waals surface area contributed by atoms with Gasteiger partial charge in [0.2, 0.25) is 0 Å². The molecule has 166 valence electrons. The van der Waals surface area contributed by atoms with E-state index >= 15 is 0 Å². The number of nitriles is 1. The molecule has 0 aliphatic heterocycles. The fraction of sp³-hybridized carbons (Fsp3) is 0.808. The molecule has 3 aliphatic carbocycles. The molecular weight excluding hydrogens is 370 g/mol. The van der Waals surface area contributed by atoms with Gasteiger partial charge in [-0.25, -0.2) is 0 Å². The molecule has 0 aromatic rings. The first-order valence-electron chi connectivity index (χ1n) is 12.3. The first-order valence-corrected chi connectivity index (χ1v) is 12.3. The number of fused-ring (bicyclic) bond motifs is 3. The van der Waals surface area contributed by atoms with Crippen LogP contribution in [0.5, 0.6) is 0 Å². The highest BCUT2D eigenvalue weighted by atomic mass is 16.1. The molecule has 0 aromatic heterocycles. The van der Waals surface area contributed by atoms with E-state index in [1.54, 1.807) is 0 Å². The molecule has 3 rings (SSSR count). The van der Waals surface area contributed by atoms with E-state index in [9.17, 15) is 4.79 Å². The van der Waals surface area contributed by atoms with Gasteiger partial charge >= 0.3 is 0 Å². The predicted molar refractivity (Wildman–Crippen MR) is 122 cm³/mol. The fourth-order valence-electron chi connectivity index (χ4n) is 8.05. The zero-order chi connectivity index (χ0) is 21.9. The van der Waals surface area contributed by atoms with Crippen LogP contribution in [-0.2, 0) is 4.79 Å². The van der Waals surface area contributed by atoms with Crippen molar-refractivity contribution in [2.24, 2.45) is 46.8 Å². The van der Waals surface area contributed by atoms with Crippen LogP contribution in [-0.4, -0.2) is 18.5 Å². The summed E-state index contributed by atoms with van der Waals surface area (Å²) in [5.74, 6) is 5.00. The van der Waals surface area contributed by atoms with E-state index < -0.39 is 0 Å². The van der Waals surface area contributed by atoms with E-state index in [4.69, 9.17) is 10.7 Å². The number of Topliss-reactive ketones (excluding diaryl/α,β-unsaturated/α-hetero) is 1. The van der Waals surface area contributed by atoms with Gasteiger partial charge in [0.05, 0.1) is 12.1 Å². The quantitative estimate of drug-likeness (QED) is 0.395. The van der Waals surface area contributed by atoms with Crippen LogP contribution >= 0.6 is 0 Å². The third-order valence-electron chi connectivity index (χ3n) is 9.17. The Morgan fingerprint density at radius 1 is 1.27 bits per heavy atom. The summed E-state index contributed by atoms with van der Waals surface area (Å²) in [5, 5.41) is 19.2. The molecule has 0 aromatic carbocycles. The Labute approximate surface area is 183 Å². The van der Waals surface area contributed by atoms with Crippen molar-refractivity contribution >= 4 is 12.0 Å². The van der Waals surface area contributed by atoms with Crippen LogP contribution < -0.4 is 5.32 Å². The van der Waals surface area contributed by atoms with Crippen LogP contribution in [0.3, 0.4) is 0 Å². The van der Waals surface area contributed by atoms with Gasteiger partial charge in [0.1, 0.15) is 6.07 Å². The zero-order valence-corrected chi connectivity index (χ0v) is 19.4. The van der Waals surface area contributed by atoms with Gasteiger partial charge in [-0.1, -0.05) is 47.0 Å². The summed E-state index contributed by atoms with van der Waals surface area (Å²) >= 11 is 0. The number of nitrogens with zero attached hydrogens (tertiary/aromatic N) is 1. The lowest BCUT2D eigenvalue weighted by atomic mass is 9.50. The summed E-state index contributed by atoms with van der Waals surface area (Å²) in [7, 11) is 0. The summed E-state index contributed by atoms with van der Waals surface area (Å²) < 4.78 is 0. The lowest BCUT2D eigenvalue weighted by Gasteiger charge is -2.54. The molecule has 2 N–H and O–H groups in total. The molecular formula is C26H41N3O. The molecule has 3 aliphatic rings. The van der Waals surface area contributed by atoms with Crippen molar-refractivity contribution in [1.82, 2.24) is 5.32 Å². The van der Waals surface area contributed by atoms with E-state index in [0.29, 0.717) is 11.8 Å². The molecule has 3 saturated carbocycles. The van der Waals surface area contributed by atoms with Crippen LogP contribution in [0, 0.1) is 63.6 Å². The number of nitrogens with one attached hydrogen (secondary N) is 2. The number of rotatable bonds is 8. The molecule has 30 heavy (non-hydrogen) atoms. The maximum Gasteiger partial charge on any atom is 0.155 e. The summed E-state index contributed by atoms with van der Waals surface area (Å²) in [4.78, 5) is 13.3. The largest absolute Gasteiger partial charge is 0.383 e. The van der Waals surface area contributed by atoms with Gasteiger partial charge in [0.15, 0.2) is 5.78 Å². The number of carbonyl (C=O) groups excluding carboxylic acids is 1. The standard InChI is InChI=1S/C26H41N3O/c1-5-7-20-19(6-2)8-9-22-21(20)10-11-26(4)23(22)12-17(3)25(26)24(30)16-29-15-18(13-27)14-28/h13,15,17,19-23,25,27,29H,5-12,16H2,1-4H3/b18-15+,27-13?. The molecule has 0 radical (unpaired) electrons. The topological polar surface area (TPSA) is 76.7 Å². The Balaban J connectivity index is 1.75. The third kappa shape index (κ3) is 4.10. The van der Waals surface area contributed by atoms with Crippen molar-refractivity contribution in [3.63, 3.8) is 0 Å².